The zero-order chi connectivity index (χ0) is 15.4. The van der Waals surface area contributed by atoms with Gasteiger partial charge in [0.25, 0.3) is 0 Å². The minimum Gasteiger partial charge on any atom is -1.00 e. The van der Waals surface area contributed by atoms with E-state index in [-0.39, 0.29) is 50.7 Å². The summed E-state index contributed by atoms with van der Waals surface area (Å²) >= 11 is 0. The SMILES string of the molecule is CCC1=[C-]C(CC)C=C1.[Cl-].[Cl-].[Hf+4].[c-]1cccc2c1Cc1ccccc1-2. The molecule has 0 bridgehead atoms. The first-order valence-electron chi connectivity index (χ1n) is 8.20. The number of hydrogen-bond acceptors (Lipinski definition) is 0. The Balaban J connectivity index is 0.000000435. The van der Waals surface area contributed by atoms with Crippen molar-refractivity contribution in [2.75, 3.05) is 0 Å². The predicted molar refractivity (Wildman–Crippen MR) is 93.5 cm³/mol. The monoisotopic (exact) mass is 536 g/mol. The summed E-state index contributed by atoms with van der Waals surface area (Å²) in [4.78, 5) is 0. The summed E-state index contributed by atoms with van der Waals surface area (Å²) in [6.45, 7) is 4.37. The van der Waals surface area contributed by atoms with Crippen LogP contribution in [0.5, 0.6) is 0 Å². The molecule has 2 aromatic carbocycles. The second-order valence-electron chi connectivity index (χ2n) is 5.79. The minimum absolute atomic E-state index is 0. The van der Waals surface area contributed by atoms with Crippen molar-refractivity contribution in [3.63, 3.8) is 0 Å². The van der Waals surface area contributed by atoms with Gasteiger partial charge in [-0.2, -0.15) is 35.9 Å². The largest absolute Gasteiger partial charge is 4.00 e. The maximum Gasteiger partial charge on any atom is 4.00 e. The molecule has 25 heavy (non-hydrogen) atoms. The van der Waals surface area contributed by atoms with Crippen LogP contribution in [0, 0.1) is 18.1 Å². The van der Waals surface area contributed by atoms with Gasteiger partial charge in [-0.3, -0.25) is 6.08 Å². The molecule has 2 aromatic rings. The van der Waals surface area contributed by atoms with E-state index in [1.165, 1.54) is 34.2 Å². The fraction of sp³-hybridized carbons (Fsp3) is 0.273. The maximum absolute atomic E-state index is 3.40. The zero-order valence-corrected chi connectivity index (χ0v) is 19.8. The molecule has 0 N–H and O–H groups in total. The first-order chi connectivity index (χ1) is 10.8. The second-order valence-corrected chi connectivity index (χ2v) is 5.79. The molecule has 0 heterocycles. The van der Waals surface area contributed by atoms with Gasteiger partial charge < -0.3 is 24.8 Å². The number of hydrogen-bond donors (Lipinski definition) is 0. The molecular weight excluding hydrogens is 514 g/mol. The first-order valence-corrected chi connectivity index (χ1v) is 8.20. The summed E-state index contributed by atoms with van der Waals surface area (Å²) in [6.07, 6.45) is 11.2. The predicted octanol–water partition coefficient (Wildman–Crippen LogP) is -0.215. The van der Waals surface area contributed by atoms with Crippen LogP contribution in [0.2, 0.25) is 0 Å². The van der Waals surface area contributed by atoms with Crippen LogP contribution in [0.4, 0.5) is 0 Å². The van der Waals surface area contributed by atoms with Gasteiger partial charge in [0.2, 0.25) is 0 Å². The Labute approximate surface area is 183 Å². The van der Waals surface area contributed by atoms with Crippen LogP contribution in [0.1, 0.15) is 37.8 Å². The van der Waals surface area contributed by atoms with Crippen molar-refractivity contribution >= 4 is 0 Å². The average molecular weight is 536 g/mol. The Bertz CT molecular complexity index is 676. The van der Waals surface area contributed by atoms with Gasteiger partial charge in [-0.05, 0) is 6.42 Å². The molecule has 0 fully saturated rings. The third kappa shape index (κ3) is 5.95. The first kappa shape index (κ1) is 24.4. The summed E-state index contributed by atoms with van der Waals surface area (Å²) in [5, 5.41) is 0. The van der Waals surface area contributed by atoms with Gasteiger partial charge in [-0.25, -0.2) is 11.6 Å². The Morgan fingerprint density at radius 3 is 2.36 bits per heavy atom. The number of allylic oxidation sites excluding steroid dienone is 4. The van der Waals surface area contributed by atoms with Crippen LogP contribution in [0.15, 0.2) is 60.2 Å². The minimum atomic E-state index is 0. The quantitative estimate of drug-likeness (QED) is 0.315. The average Bonchev–Trinajstić information content (AvgIpc) is 3.19. The molecule has 0 spiro atoms. The molecule has 0 nitrogen and oxygen atoms in total. The molecule has 2 aliphatic carbocycles. The summed E-state index contributed by atoms with van der Waals surface area (Å²) in [5.74, 6) is 0.611. The van der Waals surface area contributed by atoms with E-state index in [0.717, 1.165) is 12.8 Å². The van der Waals surface area contributed by atoms with Crippen molar-refractivity contribution in [1.29, 1.82) is 0 Å². The van der Waals surface area contributed by atoms with Gasteiger partial charge in [-0.1, -0.05) is 68.0 Å². The second kappa shape index (κ2) is 11.9. The van der Waals surface area contributed by atoms with Crippen LogP contribution >= 0.6 is 0 Å². The number of rotatable bonds is 2. The molecule has 2 aliphatic rings. The van der Waals surface area contributed by atoms with E-state index >= 15 is 0 Å². The third-order valence-electron chi connectivity index (χ3n) is 4.34. The molecular formula is C22H22Cl2Hf. The van der Waals surface area contributed by atoms with E-state index in [1.807, 2.05) is 6.07 Å². The molecule has 1 atom stereocenters. The van der Waals surface area contributed by atoms with Crippen LogP contribution in [-0.2, 0) is 32.3 Å². The fourth-order valence-electron chi connectivity index (χ4n) is 3.02. The molecule has 4 rings (SSSR count). The molecule has 0 amide bonds. The van der Waals surface area contributed by atoms with Crippen LogP contribution in [0.3, 0.4) is 0 Å². The van der Waals surface area contributed by atoms with Crippen LogP contribution in [0.25, 0.3) is 11.1 Å². The number of benzene rings is 2. The van der Waals surface area contributed by atoms with E-state index < -0.39 is 0 Å². The van der Waals surface area contributed by atoms with Crippen molar-refractivity contribution in [3.8, 4) is 11.1 Å². The molecule has 1 unspecified atom stereocenters. The summed E-state index contributed by atoms with van der Waals surface area (Å²) < 4.78 is 0. The summed E-state index contributed by atoms with van der Waals surface area (Å²) in [7, 11) is 0. The molecule has 0 saturated heterocycles. The molecule has 3 heteroatoms. The summed E-state index contributed by atoms with van der Waals surface area (Å²) in [6, 6.07) is 18.1. The smallest absolute Gasteiger partial charge is 1.00 e. The van der Waals surface area contributed by atoms with E-state index in [9.17, 15) is 0 Å². The van der Waals surface area contributed by atoms with Crippen molar-refractivity contribution in [1.82, 2.24) is 0 Å². The van der Waals surface area contributed by atoms with Crippen LogP contribution in [-0.4, -0.2) is 0 Å². The Hall–Kier alpha value is -0.630. The van der Waals surface area contributed by atoms with E-state index in [2.05, 4.69) is 74.5 Å². The Kier molecular flexibility index (Phi) is 11.6. The van der Waals surface area contributed by atoms with Gasteiger partial charge in [0.15, 0.2) is 0 Å². The van der Waals surface area contributed by atoms with Crippen LogP contribution < -0.4 is 24.8 Å². The van der Waals surface area contributed by atoms with Gasteiger partial charge in [-0.15, -0.1) is 5.56 Å². The van der Waals surface area contributed by atoms with E-state index in [1.54, 1.807) is 0 Å². The van der Waals surface area contributed by atoms with Crippen molar-refractivity contribution in [3.05, 3.63) is 83.5 Å². The van der Waals surface area contributed by atoms with Crippen molar-refractivity contribution in [2.24, 2.45) is 5.92 Å². The number of halogens is 2. The zero-order valence-electron chi connectivity index (χ0n) is 14.7. The van der Waals surface area contributed by atoms with Gasteiger partial charge in [0.05, 0.1) is 0 Å². The Morgan fingerprint density at radius 1 is 1.00 bits per heavy atom. The van der Waals surface area contributed by atoms with Gasteiger partial charge >= 0.3 is 25.8 Å². The number of fused-ring (bicyclic) bond motifs is 3. The fourth-order valence-corrected chi connectivity index (χ4v) is 3.02. The molecule has 128 valence electrons. The summed E-state index contributed by atoms with van der Waals surface area (Å²) in [5.41, 5.74) is 6.89. The standard InChI is InChI=1S/C13H9.C9H13.2ClH.Hf/c1-3-7-12-10(5-1)9-11-6-2-4-8-13(11)12;1-3-8-5-6-9(4-2)7-8;;;/h1-5,7-8H,9H2;5-6,8H,3-4H2,1-2H3;2*1H;/q2*-1;;;+4/p-2. The Morgan fingerprint density at radius 2 is 1.72 bits per heavy atom. The van der Waals surface area contributed by atoms with Gasteiger partial charge in [0.1, 0.15) is 0 Å². The molecule has 0 saturated carbocycles. The molecule has 0 aliphatic heterocycles. The maximum atomic E-state index is 3.40. The van der Waals surface area contributed by atoms with Crippen molar-refractivity contribution < 1.29 is 50.7 Å². The van der Waals surface area contributed by atoms with E-state index in [0.29, 0.717) is 5.92 Å². The topological polar surface area (TPSA) is 0 Å². The third-order valence-corrected chi connectivity index (χ3v) is 4.34. The molecule has 0 aromatic heterocycles. The van der Waals surface area contributed by atoms with E-state index in [4.69, 9.17) is 0 Å². The normalized spacial score (nSPS) is 15.3. The van der Waals surface area contributed by atoms with Crippen molar-refractivity contribution in [2.45, 2.75) is 33.1 Å². The molecule has 0 radical (unpaired) electrons. The van der Waals surface area contributed by atoms with Gasteiger partial charge in [0, 0.05) is 0 Å².